The van der Waals surface area contributed by atoms with Crippen molar-refractivity contribution in [2.24, 2.45) is 4.99 Å². The molecule has 1 saturated heterocycles. The van der Waals surface area contributed by atoms with E-state index in [4.69, 9.17) is 0 Å². The van der Waals surface area contributed by atoms with Crippen molar-refractivity contribution < 1.29 is 0 Å². The van der Waals surface area contributed by atoms with Crippen molar-refractivity contribution in [3.8, 4) is 0 Å². The molecule has 0 saturated carbocycles. The number of hydrogen-bond donors (Lipinski definition) is 3. The average Bonchev–Trinajstić information content (AvgIpc) is 2.42. The monoisotopic (exact) mass is 437 g/mol. The molecule has 23 heavy (non-hydrogen) atoms. The molecule has 0 aliphatic carbocycles. The minimum Gasteiger partial charge on any atom is -0.355 e. The number of halogens is 1. The summed E-state index contributed by atoms with van der Waals surface area (Å²) in [5, 5.41) is 10.4. The molecule has 1 heterocycles. The van der Waals surface area contributed by atoms with Crippen molar-refractivity contribution in [1.29, 1.82) is 0 Å². The number of rotatable bonds is 6. The van der Waals surface area contributed by atoms with E-state index in [-0.39, 0.29) is 29.5 Å². The van der Waals surface area contributed by atoms with Gasteiger partial charge in [0.2, 0.25) is 0 Å². The van der Waals surface area contributed by atoms with Gasteiger partial charge in [0.25, 0.3) is 0 Å². The molecule has 136 valence electrons. The number of guanidine groups is 1. The van der Waals surface area contributed by atoms with Gasteiger partial charge < -0.3 is 16.0 Å². The van der Waals surface area contributed by atoms with E-state index in [2.05, 4.69) is 60.1 Å². The van der Waals surface area contributed by atoms with Crippen molar-refractivity contribution in [3.05, 3.63) is 12.2 Å². The van der Waals surface area contributed by atoms with E-state index >= 15 is 0 Å². The summed E-state index contributed by atoms with van der Waals surface area (Å²) < 4.78 is 0. The summed E-state index contributed by atoms with van der Waals surface area (Å²) in [5.74, 6) is 0.911. The Morgan fingerprint density at radius 1 is 1.22 bits per heavy atom. The van der Waals surface area contributed by atoms with Crippen LogP contribution in [0, 0.1) is 0 Å². The summed E-state index contributed by atoms with van der Waals surface area (Å²) in [5.41, 5.74) is 1.41. The van der Waals surface area contributed by atoms with E-state index in [1.54, 1.807) is 0 Å². The van der Waals surface area contributed by atoms with E-state index in [1.165, 1.54) is 5.57 Å². The largest absolute Gasteiger partial charge is 0.355 e. The highest BCUT2D eigenvalue weighted by Crippen LogP contribution is 2.11. The fraction of sp³-hybridized carbons (Fsp3) is 0.824. The molecule has 0 radical (unpaired) electrons. The maximum absolute atomic E-state index is 4.32. The first-order chi connectivity index (χ1) is 10.3. The second-order valence-electron chi connectivity index (χ2n) is 7.33. The highest BCUT2D eigenvalue weighted by atomic mass is 127. The van der Waals surface area contributed by atoms with Crippen LogP contribution in [0.1, 0.15) is 40.5 Å². The Hall–Kier alpha value is -0.340. The zero-order chi connectivity index (χ0) is 16.6. The fourth-order valence-corrected chi connectivity index (χ4v) is 2.62. The number of likely N-dealkylation sites (tertiary alicyclic amines) is 1. The van der Waals surface area contributed by atoms with Gasteiger partial charge >= 0.3 is 0 Å². The molecule has 0 atom stereocenters. The summed E-state index contributed by atoms with van der Waals surface area (Å²) in [6.07, 6.45) is 2.32. The Kier molecular flexibility index (Phi) is 11.1. The third-order valence-corrected chi connectivity index (χ3v) is 3.72. The van der Waals surface area contributed by atoms with Crippen molar-refractivity contribution >= 4 is 29.9 Å². The summed E-state index contributed by atoms with van der Waals surface area (Å²) in [4.78, 5) is 6.80. The number of hydrogen-bond acceptors (Lipinski definition) is 3. The molecule has 0 aromatic carbocycles. The molecule has 0 aromatic rings. The van der Waals surface area contributed by atoms with Gasteiger partial charge in [0.1, 0.15) is 0 Å². The molecule has 0 spiro atoms. The Labute approximate surface area is 159 Å². The Morgan fingerprint density at radius 2 is 1.83 bits per heavy atom. The second-order valence-corrected chi connectivity index (χ2v) is 7.33. The van der Waals surface area contributed by atoms with E-state index in [0.717, 1.165) is 51.5 Å². The number of piperidine rings is 1. The lowest BCUT2D eigenvalue weighted by Gasteiger charge is -2.33. The molecule has 1 fully saturated rings. The number of aliphatic imine (C=N–C) groups is 1. The molecule has 0 aromatic heterocycles. The third kappa shape index (κ3) is 10.9. The molecule has 6 heteroatoms. The summed E-state index contributed by atoms with van der Waals surface area (Å²) in [6.45, 7) is 17.7. The smallest absolute Gasteiger partial charge is 0.191 e. The van der Waals surface area contributed by atoms with Gasteiger partial charge in [0.15, 0.2) is 5.96 Å². The zero-order valence-electron chi connectivity index (χ0n) is 15.5. The fourth-order valence-electron chi connectivity index (χ4n) is 2.62. The third-order valence-electron chi connectivity index (χ3n) is 3.72. The molecule has 0 bridgehead atoms. The standard InChI is InChI=1S/C17H35N5.HI/c1-14(2)13-22-11-7-15(8-12-22)21-16(18-6)19-9-10-20-17(3,4)5;/h15,20H,1,7-13H2,2-6H3,(H2,18,19,21);1H. The van der Waals surface area contributed by atoms with Gasteiger partial charge in [-0.15, -0.1) is 24.0 Å². The van der Waals surface area contributed by atoms with Crippen LogP contribution in [-0.4, -0.2) is 62.2 Å². The Morgan fingerprint density at radius 3 is 2.30 bits per heavy atom. The summed E-state index contributed by atoms with van der Waals surface area (Å²) >= 11 is 0. The van der Waals surface area contributed by atoms with Gasteiger partial charge in [0, 0.05) is 51.4 Å². The van der Waals surface area contributed by atoms with Crippen LogP contribution in [0.15, 0.2) is 17.1 Å². The van der Waals surface area contributed by atoms with Crippen LogP contribution in [0.5, 0.6) is 0 Å². The second kappa shape index (κ2) is 11.3. The highest BCUT2D eigenvalue weighted by Gasteiger charge is 2.19. The average molecular weight is 437 g/mol. The van der Waals surface area contributed by atoms with Crippen LogP contribution in [0.4, 0.5) is 0 Å². The van der Waals surface area contributed by atoms with Crippen LogP contribution in [0.2, 0.25) is 0 Å². The number of nitrogens with one attached hydrogen (secondary N) is 3. The molecule has 1 rings (SSSR count). The highest BCUT2D eigenvalue weighted by molar-refractivity contribution is 14.0. The molecule has 3 N–H and O–H groups in total. The van der Waals surface area contributed by atoms with Gasteiger partial charge in [-0.1, -0.05) is 12.2 Å². The van der Waals surface area contributed by atoms with Gasteiger partial charge in [-0.2, -0.15) is 0 Å². The molecule has 0 amide bonds. The van der Waals surface area contributed by atoms with E-state index in [0.29, 0.717) is 6.04 Å². The SMILES string of the molecule is C=C(C)CN1CCC(NC(=NC)NCCNC(C)(C)C)CC1.I. The van der Waals surface area contributed by atoms with Gasteiger partial charge in [-0.3, -0.25) is 9.89 Å². The lowest BCUT2D eigenvalue weighted by molar-refractivity contribution is 0.221. The zero-order valence-corrected chi connectivity index (χ0v) is 17.9. The van der Waals surface area contributed by atoms with E-state index in [1.807, 2.05) is 7.05 Å². The van der Waals surface area contributed by atoms with Crippen molar-refractivity contribution in [3.63, 3.8) is 0 Å². The van der Waals surface area contributed by atoms with Crippen molar-refractivity contribution in [2.45, 2.75) is 52.1 Å². The van der Waals surface area contributed by atoms with Crippen LogP contribution >= 0.6 is 24.0 Å². The lowest BCUT2D eigenvalue weighted by Crippen LogP contribution is -2.50. The minimum atomic E-state index is 0. The molecule has 5 nitrogen and oxygen atoms in total. The Bertz CT molecular complexity index is 368. The first-order valence-corrected chi connectivity index (χ1v) is 8.39. The topological polar surface area (TPSA) is 51.7 Å². The van der Waals surface area contributed by atoms with Crippen LogP contribution < -0.4 is 16.0 Å². The Balaban J connectivity index is 0.00000484. The quantitative estimate of drug-likeness (QED) is 0.196. The maximum Gasteiger partial charge on any atom is 0.191 e. The minimum absolute atomic E-state index is 0. The molecule has 1 aliphatic heterocycles. The maximum atomic E-state index is 4.32. The van der Waals surface area contributed by atoms with E-state index in [9.17, 15) is 0 Å². The first kappa shape index (κ1) is 22.7. The molecule has 1 aliphatic rings. The van der Waals surface area contributed by atoms with Gasteiger partial charge in [0.05, 0.1) is 0 Å². The molecule has 0 unspecified atom stereocenters. The van der Waals surface area contributed by atoms with Gasteiger partial charge in [-0.05, 0) is 40.5 Å². The van der Waals surface area contributed by atoms with Crippen LogP contribution in [-0.2, 0) is 0 Å². The summed E-state index contributed by atoms with van der Waals surface area (Å²) in [6, 6.07) is 0.517. The lowest BCUT2D eigenvalue weighted by atomic mass is 10.0. The molecular weight excluding hydrogens is 401 g/mol. The van der Waals surface area contributed by atoms with Crippen molar-refractivity contribution in [1.82, 2.24) is 20.9 Å². The predicted octanol–water partition coefficient (Wildman–Crippen LogP) is 2.20. The van der Waals surface area contributed by atoms with Crippen molar-refractivity contribution in [2.75, 3.05) is 39.8 Å². The molecular formula is C17H36IN5. The van der Waals surface area contributed by atoms with Crippen LogP contribution in [0.25, 0.3) is 0 Å². The van der Waals surface area contributed by atoms with Gasteiger partial charge in [-0.25, -0.2) is 0 Å². The first-order valence-electron chi connectivity index (χ1n) is 8.39. The predicted molar refractivity (Wildman–Crippen MR) is 112 cm³/mol. The normalized spacial score (nSPS) is 17.5. The summed E-state index contributed by atoms with van der Waals surface area (Å²) in [7, 11) is 1.84. The number of nitrogens with zero attached hydrogens (tertiary/aromatic N) is 2. The van der Waals surface area contributed by atoms with E-state index < -0.39 is 0 Å². The van der Waals surface area contributed by atoms with Crippen LogP contribution in [0.3, 0.4) is 0 Å².